The minimum absolute atomic E-state index is 0.245. The first-order valence-corrected chi connectivity index (χ1v) is 12.9. The Kier molecular flexibility index (Phi) is 9.11. The Hall–Kier alpha value is -4.72. The number of carbonyl (C=O) groups excluding carboxylic acids is 1. The molecule has 1 heterocycles. The highest BCUT2D eigenvalue weighted by molar-refractivity contribution is 6.02. The Morgan fingerprint density at radius 2 is 1.57 bits per heavy atom. The van der Waals surface area contributed by atoms with Crippen molar-refractivity contribution in [1.82, 2.24) is 9.78 Å². The van der Waals surface area contributed by atoms with Crippen LogP contribution in [0.25, 0.3) is 6.08 Å². The summed E-state index contributed by atoms with van der Waals surface area (Å²) in [6, 6.07) is 19.4. The summed E-state index contributed by atoms with van der Waals surface area (Å²) in [6.07, 6.45) is 3.28. The number of hydrogen-bond donors (Lipinski definition) is 1. The number of aromatic nitrogens is 2. The molecule has 0 saturated heterocycles. The van der Waals surface area contributed by atoms with Crippen molar-refractivity contribution in [3.05, 3.63) is 100 Å². The number of nitrogens with zero attached hydrogens (tertiary/aromatic N) is 2. The third-order valence-electron chi connectivity index (χ3n) is 6.56. The Balaban J connectivity index is 1.43. The number of hydrogen-bond acceptors (Lipinski definition) is 6. The molecular formula is C32H35N3O5. The molecule has 0 unspecified atom stereocenters. The van der Waals surface area contributed by atoms with Crippen molar-refractivity contribution in [2.24, 2.45) is 0 Å². The highest BCUT2D eigenvalue weighted by Crippen LogP contribution is 2.29. The standard InChI is InChI=1S/C32H35N3O5/c1-21-7-12-27(13-8-21)40-20-26-17-24(9-14-28(26)37-4)11-16-31(36)33-32-22(2)34-35(23(32)3)19-25-10-15-29(38-5)30(18-25)39-6/h7-18H,19-20H2,1-6H3,(H,33,36)/b16-11+. The molecule has 0 aliphatic heterocycles. The Bertz CT molecular complexity index is 1510. The van der Waals surface area contributed by atoms with Crippen LogP contribution in [0.5, 0.6) is 23.0 Å². The van der Waals surface area contributed by atoms with E-state index in [-0.39, 0.29) is 5.91 Å². The first-order valence-electron chi connectivity index (χ1n) is 12.9. The average molecular weight is 542 g/mol. The van der Waals surface area contributed by atoms with Gasteiger partial charge in [0.1, 0.15) is 18.1 Å². The van der Waals surface area contributed by atoms with Crippen LogP contribution in [0.4, 0.5) is 5.69 Å². The molecule has 0 aliphatic carbocycles. The second-order valence-electron chi connectivity index (χ2n) is 9.39. The number of ether oxygens (including phenoxy) is 4. The van der Waals surface area contributed by atoms with E-state index in [1.54, 1.807) is 27.4 Å². The van der Waals surface area contributed by atoms with E-state index in [4.69, 9.17) is 18.9 Å². The van der Waals surface area contributed by atoms with Crippen molar-refractivity contribution < 1.29 is 23.7 Å². The van der Waals surface area contributed by atoms with E-state index in [1.165, 1.54) is 11.6 Å². The molecule has 4 aromatic rings. The molecule has 0 fully saturated rings. The lowest BCUT2D eigenvalue weighted by atomic mass is 10.1. The van der Waals surface area contributed by atoms with Crippen LogP contribution < -0.4 is 24.3 Å². The lowest BCUT2D eigenvalue weighted by Gasteiger charge is -2.11. The molecule has 4 rings (SSSR count). The lowest BCUT2D eigenvalue weighted by Crippen LogP contribution is -2.10. The molecule has 0 saturated carbocycles. The van der Waals surface area contributed by atoms with Gasteiger partial charge in [0.15, 0.2) is 11.5 Å². The van der Waals surface area contributed by atoms with Gasteiger partial charge in [0, 0.05) is 11.6 Å². The molecule has 8 nitrogen and oxygen atoms in total. The predicted molar refractivity (Wildman–Crippen MR) is 157 cm³/mol. The van der Waals surface area contributed by atoms with E-state index in [1.807, 2.05) is 86.1 Å². The third kappa shape index (κ3) is 6.83. The molecular weight excluding hydrogens is 506 g/mol. The molecule has 40 heavy (non-hydrogen) atoms. The van der Waals surface area contributed by atoms with Crippen LogP contribution >= 0.6 is 0 Å². The Morgan fingerprint density at radius 3 is 2.27 bits per heavy atom. The normalized spacial score (nSPS) is 10.9. The number of rotatable bonds is 11. The van der Waals surface area contributed by atoms with Gasteiger partial charge in [-0.1, -0.05) is 29.8 Å². The zero-order valence-corrected chi connectivity index (χ0v) is 23.8. The Morgan fingerprint density at radius 1 is 0.875 bits per heavy atom. The molecule has 0 aliphatic rings. The number of amides is 1. The number of methoxy groups -OCH3 is 3. The monoisotopic (exact) mass is 541 g/mol. The van der Waals surface area contributed by atoms with Gasteiger partial charge in [-0.05, 0) is 74.4 Å². The second-order valence-corrected chi connectivity index (χ2v) is 9.39. The van der Waals surface area contributed by atoms with Crippen molar-refractivity contribution in [2.45, 2.75) is 33.9 Å². The van der Waals surface area contributed by atoms with Gasteiger partial charge >= 0.3 is 0 Å². The molecule has 3 aromatic carbocycles. The van der Waals surface area contributed by atoms with Crippen LogP contribution in [0, 0.1) is 20.8 Å². The van der Waals surface area contributed by atoms with Crippen molar-refractivity contribution in [1.29, 1.82) is 0 Å². The van der Waals surface area contributed by atoms with Gasteiger partial charge in [-0.15, -0.1) is 0 Å². The van der Waals surface area contributed by atoms with Crippen LogP contribution in [0.15, 0.2) is 66.7 Å². The summed E-state index contributed by atoms with van der Waals surface area (Å²) < 4.78 is 24.0. The van der Waals surface area contributed by atoms with Gasteiger partial charge in [-0.25, -0.2) is 0 Å². The fourth-order valence-corrected chi connectivity index (χ4v) is 4.33. The van der Waals surface area contributed by atoms with Gasteiger partial charge in [0.05, 0.1) is 44.9 Å². The largest absolute Gasteiger partial charge is 0.496 e. The fraction of sp³-hybridized carbons (Fsp3) is 0.250. The minimum atomic E-state index is -0.245. The summed E-state index contributed by atoms with van der Waals surface area (Å²) in [4.78, 5) is 12.8. The Labute approximate surface area is 235 Å². The number of benzene rings is 3. The quantitative estimate of drug-likeness (QED) is 0.231. The molecule has 8 heteroatoms. The fourth-order valence-electron chi connectivity index (χ4n) is 4.33. The second kappa shape index (κ2) is 12.9. The number of aryl methyl sites for hydroxylation is 2. The first kappa shape index (κ1) is 28.3. The number of anilines is 1. The molecule has 1 amide bonds. The highest BCUT2D eigenvalue weighted by atomic mass is 16.5. The van der Waals surface area contributed by atoms with E-state index in [2.05, 4.69) is 10.4 Å². The maximum absolute atomic E-state index is 12.8. The summed E-state index contributed by atoms with van der Waals surface area (Å²) in [5.74, 6) is 2.59. The van der Waals surface area contributed by atoms with Gasteiger partial charge in [0.25, 0.3) is 0 Å². The van der Waals surface area contributed by atoms with Crippen molar-refractivity contribution in [3.8, 4) is 23.0 Å². The molecule has 0 atom stereocenters. The van der Waals surface area contributed by atoms with Crippen molar-refractivity contribution >= 4 is 17.7 Å². The maximum Gasteiger partial charge on any atom is 0.248 e. The SMILES string of the molecule is COc1ccc(/C=C/C(=O)Nc2c(C)nn(Cc3ccc(OC)c(OC)c3)c2C)cc1COc1ccc(C)cc1. The van der Waals surface area contributed by atoms with Crippen LogP contribution in [0.1, 0.15) is 33.6 Å². The van der Waals surface area contributed by atoms with Gasteiger partial charge in [-0.2, -0.15) is 5.10 Å². The highest BCUT2D eigenvalue weighted by Gasteiger charge is 2.15. The molecule has 0 radical (unpaired) electrons. The van der Waals surface area contributed by atoms with Gasteiger partial charge in [0.2, 0.25) is 5.91 Å². The summed E-state index contributed by atoms with van der Waals surface area (Å²) in [5.41, 5.74) is 6.20. The zero-order chi connectivity index (χ0) is 28.6. The summed E-state index contributed by atoms with van der Waals surface area (Å²) in [5, 5.41) is 7.61. The maximum atomic E-state index is 12.8. The molecule has 1 N–H and O–H groups in total. The van der Waals surface area contributed by atoms with E-state index in [9.17, 15) is 4.79 Å². The van der Waals surface area contributed by atoms with E-state index in [0.717, 1.165) is 39.6 Å². The number of nitrogens with one attached hydrogen (secondary N) is 1. The zero-order valence-electron chi connectivity index (χ0n) is 23.8. The minimum Gasteiger partial charge on any atom is -0.496 e. The molecule has 208 valence electrons. The van der Waals surface area contributed by atoms with Crippen LogP contribution in [-0.4, -0.2) is 37.0 Å². The van der Waals surface area contributed by atoms with Crippen LogP contribution in [0.2, 0.25) is 0 Å². The van der Waals surface area contributed by atoms with Crippen molar-refractivity contribution in [2.75, 3.05) is 26.6 Å². The van der Waals surface area contributed by atoms with Gasteiger partial charge in [-0.3, -0.25) is 9.48 Å². The van der Waals surface area contributed by atoms with E-state index < -0.39 is 0 Å². The molecule has 0 spiro atoms. The first-order chi connectivity index (χ1) is 19.3. The van der Waals surface area contributed by atoms with Crippen molar-refractivity contribution in [3.63, 3.8) is 0 Å². The molecule has 1 aromatic heterocycles. The predicted octanol–water partition coefficient (Wildman–Crippen LogP) is 6.11. The lowest BCUT2D eigenvalue weighted by molar-refractivity contribution is -0.111. The van der Waals surface area contributed by atoms with Crippen LogP contribution in [-0.2, 0) is 17.9 Å². The third-order valence-corrected chi connectivity index (χ3v) is 6.56. The summed E-state index contributed by atoms with van der Waals surface area (Å²) in [7, 11) is 4.85. The smallest absolute Gasteiger partial charge is 0.248 e. The van der Waals surface area contributed by atoms with E-state index >= 15 is 0 Å². The van der Waals surface area contributed by atoms with Gasteiger partial charge < -0.3 is 24.3 Å². The topological polar surface area (TPSA) is 83.8 Å². The summed E-state index contributed by atoms with van der Waals surface area (Å²) >= 11 is 0. The molecule has 0 bridgehead atoms. The van der Waals surface area contributed by atoms with E-state index in [0.29, 0.717) is 30.3 Å². The van der Waals surface area contributed by atoms with Crippen LogP contribution in [0.3, 0.4) is 0 Å². The average Bonchev–Trinajstić information content (AvgIpc) is 3.22. The summed E-state index contributed by atoms with van der Waals surface area (Å²) in [6.45, 7) is 6.72. The number of carbonyl (C=O) groups is 1.